The summed E-state index contributed by atoms with van der Waals surface area (Å²) in [5.41, 5.74) is 1.77. The molecule has 1 aliphatic carbocycles. The Balaban J connectivity index is 1.53. The monoisotopic (exact) mass is 262 g/mol. The summed E-state index contributed by atoms with van der Waals surface area (Å²) in [6, 6.07) is 6.86. The third-order valence-electron chi connectivity index (χ3n) is 3.08. The number of hydrogen-bond acceptors (Lipinski definition) is 3. The number of thiazole rings is 1. The maximum absolute atomic E-state index is 13.4. The van der Waals surface area contributed by atoms with Crippen LogP contribution in [0.5, 0.6) is 0 Å². The van der Waals surface area contributed by atoms with Gasteiger partial charge in [0.05, 0.1) is 10.7 Å². The minimum Gasteiger partial charge on any atom is -0.307 e. The molecule has 0 aliphatic heterocycles. The molecule has 94 valence electrons. The zero-order valence-electron chi connectivity index (χ0n) is 10.0. The lowest BCUT2D eigenvalue weighted by Gasteiger charge is -2.04. The number of aromatic nitrogens is 1. The van der Waals surface area contributed by atoms with Gasteiger partial charge >= 0.3 is 0 Å². The smallest absolute Gasteiger partial charge is 0.127 e. The van der Waals surface area contributed by atoms with Crippen LogP contribution in [0.2, 0.25) is 0 Å². The highest BCUT2D eigenvalue weighted by Crippen LogP contribution is 2.41. The summed E-state index contributed by atoms with van der Waals surface area (Å²) in [5, 5.41) is 6.60. The Morgan fingerprint density at radius 1 is 1.28 bits per heavy atom. The quantitative estimate of drug-likeness (QED) is 0.892. The molecule has 0 radical (unpaired) electrons. The zero-order valence-corrected chi connectivity index (χ0v) is 10.8. The third-order valence-corrected chi connectivity index (χ3v) is 4.13. The lowest BCUT2D eigenvalue weighted by atomic mass is 10.2. The molecule has 1 saturated carbocycles. The van der Waals surface area contributed by atoms with E-state index in [1.807, 2.05) is 6.07 Å². The fraction of sp³-hybridized carbons (Fsp3) is 0.357. The number of hydrogen-bond donors (Lipinski definition) is 1. The van der Waals surface area contributed by atoms with Crippen LogP contribution in [0.25, 0.3) is 0 Å². The molecule has 18 heavy (non-hydrogen) atoms. The summed E-state index contributed by atoms with van der Waals surface area (Å²) >= 11 is 1.74. The van der Waals surface area contributed by atoms with Gasteiger partial charge in [0.25, 0.3) is 0 Å². The second-order valence-corrected chi connectivity index (χ2v) is 5.54. The van der Waals surface area contributed by atoms with Gasteiger partial charge < -0.3 is 5.32 Å². The van der Waals surface area contributed by atoms with Gasteiger partial charge in [0.1, 0.15) is 5.82 Å². The Bertz CT molecular complexity index is 534. The van der Waals surface area contributed by atoms with E-state index in [1.165, 1.54) is 23.9 Å². The summed E-state index contributed by atoms with van der Waals surface area (Å²) in [5.74, 6) is 0.567. The molecule has 1 aromatic carbocycles. The molecule has 0 atom stereocenters. The van der Waals surface area contributed by atoms with Gasteiger partial charge in [-0.2, -0.15) is 0 Å². The molecule has 1 aliphatic rings. The van der Waals surface area contributed by atoms with Crippen molar-refractivity contribution in [1.82, 2.24) is 10.3 Å². The Morgan fingerprint density at radius 2 is 2.11 bits per heavy atom. The van der Waals surface area contributed by atoms with Gasteiger partial charge in [-0.3, -0.25) is 0 Å². The molecule has 0 spiro atoms. The fourth-order valence-corrected chi connectivity index (χ4v) is 2.88. The zero-order chi connectivity index (χ0) is 12.4. The molecule has 1 N–H and O–H groups in total. The van der Waals surface area contributed by atoms with Crippen molar-refractivity contribution in [2.24, 2.45) is 0 Å². The number of benzene rings is 1. The van der Waals surface area contributed by atoms with E-state index in [2.05, 4.69) is 15.7 Å². The van der Waals surface area contributed by atoms with Crippen LogP contribution in [0, 0.1) is 5.82 Å². The summed E-state index contributed by atoms with van der Waals surface area (Å²) in [7, 11) is 0. The predicted octanol–water partition coefficient (Wildman–Crippen LogP) is 3.45. The van der Waals surface area contributed by atoms with Gasteiger partial charge in [0.2, 0.25) is 0 Å². The molecule has 0 saturated heterocycles. The first-order valence-corrected chi connectivity index (χ1v) is 7.09. The normalized spacial score (nSPS) is 14.9. The van der Waals surface area contributed by atoms with Crippen LogP contribution in [0.4, 0.5) is 4.39 Å². The molecular formula is C14H15FN2S. The van der Waals surface area contributed by atoms with Crippen LogP contribution in [0.15, 0.2) is 29.6 Å². The van der Waals surface area contributed by atoms with E-state index in [0.29, 0.717) is 18.7 Å². The van der Waals surface area contributed by atoms with Crippen molar-refractivity contribution in [3.63, 3.8) is 0 Å². The first-order valence-electron chi connectivity index (χ1n) is 6.21. The third kappa shape index (κ3) is 2.76. The molecule has 2 aromatic rings. The second kappa shape index (κ2) is 5.16. The SMILES string of the molecule is Fc1ccccc1CNCc1csc(C2CC2)n1. The molecule has 2 nitrogen and oxygen atoms in total. The van der Waals surface area contributed by atoms with Gasteiger partial charge in [0.15, 0.2) is 0 Å². The minimum absolute atomic E-state index is 0.151. The van der Waals surface area contributed by atoms with E-state index >= 15 is 0 Å². The highest BCUT2D eigenvalue weighted by molar-refractivity contribution is 7.09. The maximum Gasteiger partial charge on any atom is 0.127 e. The average molecular weight is 262 g/mol. The molecule has 1 fully saturated rings. The Labute approximate surface area is 110 Å². The summed E-state index contributed by atoms with van der Waals surface area (Å²) in [6.07, 6.45) is 2.57. The Hall–Kier alpha value is -1.26. The van der Waals surface area contributed by atoms with Gasteiger partial charge in [-0.25, -0.2) is 9.37 Å². The first-order chi connectivity index (χ1) is 8.83. The molecule has 0 unspecified atom stereocenters. The lowest BCUT2D eigenvalue weighted by molar-refractivity contribution is 0.586. The van der Waals surface area contributed by atoms with Gasteiger partial charge in [0, 0.05) is 30.0 Å². The number of halogens is 1. The molecular weight excluding hydrogens is 247 g/mol. The maximum atomic E-state index is 13.4. The second-order valence-electron chi connectivity index (χ2n) is 4.65. The van der Waals surface area contributed by atoms with Crippen molar-refractivity contribution in [2.45, 2.75) is 31.8 Å². The van der Waals surface area contributed by atoms with Crippen molar-refractivity contribution < 1.29 is 4.39 Å². The largest absolute Gasteiger partial charge is 0.307 e. The summed E-state index contributed by atoms with van der Waals surface area (Å²) in [4.78, 5) is 4.59. The van der Waals surface area contributed by atoms with Crippen LogP contribution in [0.3, 0.4) is 0 Å². The predicted molar refractivity (Wildman–Crippen MR) is 71.0 cm³/mol. The molecule has 4 heteroatoms. The van der Waals surface area contributed by atoms with Gasteiger partial charge in [-0.15, -0.1) is 11.3 Å². The number of nitrogens with one attached hydrogen (secondary N) is 1. The van der Waals surface area contributed by atoms with Crippen molar-refractivity contribution >= 4 is 11.3 Å². The topological polar surface area (TPSA) is 24.9 Å². The minimum atomic E-state index is -0.151. The van der Waals surface area contributed by atoms with Crippen LogP contribution >= 0.6 is 11.3 Å². The van der Waals surface area contributed by atoms with Crippen molar-refractivity contribution in [1.29, 1.82) is 0 Å². The van der Waals surface area contributed by atoms with E-state index in [1.54, 1.807) is 23.5 Å². The van der Waals surface area contributed by atoms with E-state index < -0.39 is 0 Å². The standard InChI is InChI=1S/C14H15FN2S/c15-13-4-2-1-3-11(13)7-16-8-12-9-18-14(17-12)10-5-6-10/h1-4,9-10,16H,5-8H2. The molecule has 0 amide bonds. The number of nitrogens with zero attached hydrogens (tertiary/aromatic N) is 1. The van der Waals surface area contributed by atoms with Crippen LogP contribution < -0.4 is 5.32 Å². The van der Waals surface area contributed by atoms with E-state index in [9.17, 15) is 4.39 Å². The molecule has 1 aromatic heterocycles. The van der Waals surface area contributed by atoms with Gasteiger partial charge in [-0.05, 0) is 18.9 Å². The van der Waals surface area contributed by atoms with E-state index in [0.717, 1.165) is 11.6 Å². The summed E-state index contributed by atoms with van der Waals surface area (Å²) < 4.78 is 13.4. The lowest BCUT2D eigenvalue weighted by Crippen LogP contribution is -2.13. The first kappa shape index (κ1) is 11.8. The van der Waals surface area contributed by atoms with Crippen molar-refractivity contribution in [3.05, 3.63) is 51.7 Å². The Kier molecular flexibility index (Phi) is 3.39. The summed E-state index contributed by atoms with van der Waals surface area (Å²) in [6.45, 7) is 1.25. The highest BCUT2D eigenvalue weighted by Gasteiger charge is 2.26. The van der Waals surface area contributed by atoms with Crippen molar-refractivity contribution in [2.75, 3.05) is 0 Å². The molecule has 1 heterocycles. The average Bonchev–Trinajstić information content (AvgIpc) is 3.12. The number of rotatable bonds is 5. The van der Waals surface area contributed by atoms with Crippen LogP contribution in [-0.2, 0) is 13.1 Å². The fourth-order valence-electron chi connectivity index (χ4n) is 1.89. The van der Waals surface area contributed by atoms with Crippen molar-refractivity contribution in [3.8, 4) is 0 Å². The Morgan fingerprint density at radius 3 is 2.89 bits per heavy atom. The van der Waals surface area contributed by atoms with E-state index in [4.69, 9.17) is 0 Å². The van der Waals surface area contributed by atoms with Crippen LogP contribution in [-0.4, -0.2) is 4.98 Å². The highest BCUT2D eigenvalue weighted by atomic mass is 32.1. The molecule has 0 bridgehead atoms. The van der Waals surface area contributed by atoms with Crippen LogP contribution in [0.1, 0.15) is 35.0 Å². The molecule has 3 rings (SSSR count). The van der Waals surface area contributed by atoms with Gasteiger partial charge in [-0.1, -0.05) is 18.2 Å². The van der Waals surface area contributed by atoms with E-state index in [-0.39, 0.29) is 5.82 Å².